The van der Waals surface area contributed by atoms with Crippen molar-refractivity contribution in [1.29, 1.82) is 0 Å². The Labute approximate surface area is 132 Å². The molecule has 0 aliphatic carbocycles. The molecule has 3 N–H and O–H groups in total. The summed E-state index contributed by atoms with van der Waals surface area (Å²) in [7, 11) is 0. The normalized spacial score (nSPS) is 11.7. The van der Waals surface area contributed by atoms with E-state index in [1.807, 2.05) is 13.0 Å². The quantitative estimate of drug-likeness (QED) is 0.573. The average molecular weight is 307 g/mol. The van der Waals surface area contributed by atoms with Crippen molar-refractivity contribution in [2.24, 2.45) is 16.0 Å². The van der Waals surface area contributed by atoms with Gasteiger partial charge in [-0.05, 0) is 36.8 Å². The lowest BCUT2D eigenvalue weighted by Crippen LogP contribution is -2.05. The van der Waals surface area contributed by atoms with Crippen molar-refractivity contribution in [2.75, 3.05) is 0 Å². The van der Waals surface area contributed by atoms with Crippen LogP contribution in [0.1, 0.15) is 28.9 Å². The summed E-state index contributed by atoms with van der Waals surface area (Å²) in [5.74, 6) is -0.454. The highest BCUT2D eigenvalue weighted by Gasteiger charge is 2.11. The van der Waals surface area contributed by atoms with Crippen LogP contribution in [-0.2, 0) is 0 Å². The topological polar surface area (TPSA) is 111 Å². The summed E-state index contributed by atoms with van der Waals surface area (Å²) < 4.78 is 0. The lowest BCUT2D eigenvalue weighted by atomic mass is 10.1. The number of aromatic nitrogens is 2. The molecule has 2 aromatic heterocycles. The third kappa shape index (κ3) is 3.21. The molecule has 0 fully saturated rings. The Bertz CT molecular complexity index is 904. The first-order chi connectivity index (χ1) is 11.1. The van der Waals surface area contributed by atoms with Crippen LogP contribution in [0.25, 0.3) is 11.0 Å². The van der Waals surface area contributed by atoms with Gasteiger partial charge in [-0.2, -0.15) is 0 Å². The number of nitrogens with zero attached hydrogens (tertiary/aromatic N) is 4. The molecule has 7 nitrogen and oxygen atoms in total. The molecule has 7 heteroatoms. The van der Waals surface area contributed by atoms with E-state index in [4.69, 9.17) is 5.73 Å². The SMILES string of the molecule is C[C@@H](N)c1ccc(C(=O)N=[N+]=Nc2ccnc3[nH]ccc23)cc1. The monoisotopic (exact) mass is 307 g/mol. The highest BCUT2D eigenvalue weighted by molar-refractivity contribution is 5.94. The van der Waals surface area contributed by atoms with E-state index in [2.05, 4.69) is 25.1 Å². The summed E-state index contributed by atoms with van der Waals surface area (Å²) >= 11 is 0. The lowest BCUT2D eigenvalue weighted by Gasteiger charge is -2.03. The van der Waals surface area contributed by atoms with Gasteiger partial charge < -0.3 is 10.7 Å². The summed E-state index contributed by atoms with van der Waals surface area (Å²) in [6, 6.07) is 10.4. The van der Waals surface area contributed by atoms with Gasteiger partial charge in [0.25, 0.3) is 0 Å². The van der Waals surface area contributed by atoms with Gasteiger partial charge in [-0.25, -0.2) is 4.98 Å². The number of fused-ring (bicyclic) bond motifs is 1. The summed E-state index contributed by atoms with van der Waals surface area (Å²) in [5, 5.41) is 8.41. The largest absolute Gasteiger partial charge is 0.360 e. The molecule has 114 valence electrons. The molecule has 23 heavy (non-hydrogen) atoms. The van der Waals surface area contributed by atoms with Crippen LogP contribution in [0.15, 0.2) is 59.0 Å². The molecule has 3 rings (SSSR count). The Morgan fingerprint density at radius 1 is 1.26 bits per heavy atom. The van der Waals surface area contributed by atoms with E-state index in [1.165, 1.54) is 0 Å². The third-order valence-electron chi connectivity index (χ3n) is 3.41. The van der Waals surface area contributed by atoms with Crippen molar-refractivity contribution >= 4 is 22.6 Å². The number of pyridine rings is 1. The maximum Gasteiger partial charge on any atom is 0.360 e. The molecular formula is C16H15N6O+. The number of benzene rings is 1. The predicted molar refractivity (Wildman–Crippen MR) is 86.1 cm³/mol. The van der Waals surface area contributed by atoms with Gasteiger partial charge >= 0.3 is 5.91 Å². The number of hydrogen-bond acceptors (Lipinski definition) is 4. The van der Waals surface area contributed by atoms with Crippen LogP contribution in [0.5, 0.6) is 0 Å². The first-order valence-electron chi connectivity index (χ1n) is 7.09. The van der Waals surface area contributed by atoms with Crippen molar-refractivity contribution in [3.8, 4) is 0 Å². The minimum absolute atomic E-state index is 0.0776. The Kier molecular flexibility index (Phi) is 4.05. The molecule has 0 spiro atoms. The first-order valence-corrected chi connectivity index (χ1v) is 7.09. The number of nitrogens with two attached hydrogens (primary N) is 1. The summed E-state index contributed by atoms with van der Waals surface area (Å²) in [6.07, 6.45) is 3.38. The number of carbonyl (C=O) groups excluding carboxylic acids is 1. The van der Waals surface area contributed by atoms with Crippen molar-refractivity contribution in [3.05, 3.63) is 59.9 Å². The second-order valence-corrected chi connectivity index (χ2v) is 5.08. The van der Waals surface area contributed by atoms with Crippen LogP contribution >= 0.6 is 0 Å². The molecule has 3 aromatic rings. The van der Waals surface area contributed by atoms with E-state index in [9.17, 15) is 4.79 Å². The molecule has 1 amide bonds. The predicted octanol–water partition coefficient (Wildman–Crippen LogP) is 3.03. The Morgan fingerprint density at radius 2 is 2.04 bits per heavy atom. The smallest absolute Gasteiger partial charge is 0.346 e. The van der Waals surface area contributed by atoms with E-state index in [1.54, 1.807) is 42.7 Å². The van der Waals surface area contributed by atoms with Crippen LogP contribution in [0, 0.1) is 0 Å². The fourth-order valence-electron chi connectivity index (χ4n) is 2.13. The third-order valence-corrected chi connectivity index (χ3v) is 3.41. The number of carbonyl (C=O) groups is 1. The van der Waals surface area contributed by atoms with Crippen molar-refractivity contribution in [1.82, 2.24) is 14.9 Å². The van der Waals surface area contributed by atoms with Crippen molar-refractivity contribution in [2.45, 2.75) is 13.0 Å². The van der Waals surface area contributed by atoms with Crippen LogP contribution in [-0.4, -0.2) is 15.9 Å². The molecule has 0 saturated heterocycles. The van der Waals surface area contributed by atoms with Crippen LogP contribution in [0.2, 0.25) is 0 Å². The van der Waals surface area contributed by atoms with E-state index < -0.39 is 5.91 Å². The minimum atomic E-state index is -0.454. The molecule has 0 radical (unpaired) electrons. The summed E-state index contributed by atoms with van der Waals surface area (Å²) in [5.41, 5.74) is 8.47. The van der Waals surface area contributed by atoms with Crippen molar-refractivity contribution < 1.29 is 4.79 Å². The molecule has 0 aliphatic heterocycles. The van der Waals surface area contributed by atoms with E-state index in [0.29, 0.717) is 16.9 Å². The maximum absolute atomic E-state index is 12.0. The second kappa shape index (κ2) is 6.31. The fourth-order valence-corrected chi connectivity index (χ4v) is 2.13. The van der Waals surface area contributed by atoms with Gasteiger partial charge in [-0.15, -0.1) is 0 Å². The van der Waals surface area contributed by atoms with Gasteiger partial charge in [0.1, 0.15) is 5.65 Å². The maximum atomic E-state index is 12.0. The van der Waals surface area contributed by atoms with E-state index in [-0.39, 0.29) is 6.04 Å². The molecule has 1 atom stereocenters. The van der Waals surface area contributed by atoms with Gasteiger partial charge in [0.05, 0.1) is 5.39 Å². The highest BCUT2D eigenvalue weighted by Crippen LogP contribution is 2.22. The zero-order chi connectivity index (χ0) is 16.2. The van der Waals surface area contributed by atoms with Gasteiger partial charge in [0, 0.05) is 24.0 Å². The first kappa shape index (κ1) is 14.8. The molecule has 1 aromatic carbocycles. The molecule has 0 saturated carbocycles. The van der Waals surface area contributed by atoms with E-state index in [0.717, 1.165) is 10.9 Å². The molecule has 0 unspecified atom stereocenters. The van der Waals surface area contributed by atoms with Gasteiger partial charge in [0.15, 0.2) is 10.8 Å². The summed E-state index contributed by atoms with van der Waals surface area (Å²) in [6.45, 7) is 1.88. The molecule has 2 heterocycles. The van der Waals surface area contributed by atoms with Crippen LogP contribution < -0.4 is 10.6 Å². The number of H-pyrrole nitrogens is 1. The molecule has 0 bridgehead atoms. The number of rotatable bonds is 3. The van der Waals surface area contributed by atoms with Gasteiger partial charge in [0.2, 0.25) is 10.0 Å². The zero-order valence-electron chi connectivity index (χ0n) is 12.5. The van der Waals surface area contributed by atoms with E-state index >= 15 is 0 Å². The Hall–Kier alpha value is -3.15. The number of amides is 1. The average Bonchev–Trinajstić information content (AvgIpc) is 3.04. The standard InChI is InChI=1S/C16H14N6O/c1-10(17)11-2-4-12(5-3-11)16(23)21-22-20-14-7-9-19-15-13(14)6-8-18-15/h2-10H,17H2,1H3/p+1/t10-/m1/s1. The number of nitrogens with one attached hydrogen (secondary N) is 1. The number of hydrogen-bond donors (Lipinski definition) is 2. The fraction of sp³-hybridized carbons (Fsp3) is 0.125. The van der Waals surface area contributed by atoms with Gasteiger partial charge in [-0.3, -0.25) is 4.79 Å². The lowest BCUT2D eigenvalue weighted by molar-refractivity contribution is 0.0992. The zero-order valence-corrected chi connectivity index (χ0v) is 12.5. The van der Waals surface area contributed by atoms with Crippen LogP contribution in [0.3, 0.4) is 0 Å². The second-order valence-electron chi connectivity index (χ2n) is 5.08. The molecule has 0 aliphatic rings. The Morgan fingerprint density at radius 3 is 2.78 bits per heavy atom. The summed E-state index contributed by atoms with van der Waals surface area (Å²) in [4.78, 5) is 22.7. The highest BCUT2D eigenvalue weighted by atomic mass is 16.1. The van der Waals surface area contributed by atoms with Gasteiger partial charge in [-0.1, -0.05) is 12.1 Å². The minimum Gasteiger partial charge on any atom is -0.346 e. The Balaban J connectivity index is 1.81. The van der Waals surface area contributed by atoms with Crippen molar-refractivity contribution in [3.63, 3.8) is 0 Å². The van der Waals surface area contributed by atoms with Crippen LogP contribution in [0.4, 0.5) is 5.69 Å². The molecular weight excluding hydrogens is 292 g/mol. The number of aromatic amines is 1.